The summed E-state index contributed by atoms with van der Waals surface area (Å²) >= 11 is 0. The molecule has 2 aliphatic rings. The average molecular weight is 449 g/mol. The van der Waals surface area contributed by atoms with Gasteiger partial charge in [-0.2, -0.15) is 0 Å². The van der Waals surface area contributed by atoms with Crippen molar-refractivity contribution in [3.05, 3.63) is 18.2 Å². The lowest BCUT2D eigenvalue weighted by Gasteiger charge is -2.31. The van der Waals surface area contributed by atoms with Gasteiger partial charge in [-0.05, 0) is 31.6 Å². The predicted octanol–water partition coefficient (Wildman–Crippen LogP) is -0.513. The first-order valence-electron chi connectivity index (χ1n) is 11.1. The van der Waals surface area contributed by atoms with Crippen LogP contribution in [-0.2, 0) is 25.6 Å². The van der Waals surface area contributed by atoms with Crippen LogP contribution < -0.4 is 11.1 Å². The van der Waals surface area contributed by atoms with Crippen molar-refractivity contribution in [2.75, 3.05) is 13.1 Å². The van der Waals surface area contributed by atoms with Gasteiger partial charge >= 0.3 is 5.97 Å². The third kappa shape index (κ3) is 5.09. The molecule has 0 aliphatic carbocycles. The first-order chi connectivity index (χ1) is 15.2. The molecule has 0 saturated carbocycles. The highest BCUT2D eigenvalue weighted by Crippen LogP contribution is 2.22. The molecule has 5 N–H and O–H groups in total. The lowest BCUT2D eigenvalue weighted by Crippen LogP contribution is -2.57. The van der Waals surface area contributed by atoms with E-state index in [0.717, 1.165) is 0 Å². The average Bonchev–Trinajstić information content (AvgIpc) is 3.52. The number of hydrogen-bond donors (Lipinski definition) is 4. The van der Waals surface area contributed by atoms with Crippen molar-refractivity contribution in [2.45, 2.75) is 70.1 Å². The predicted molar refractivity (Wildman–Crippen MR) is 114 cm³/mol. The Morgan fingerprint density at radius 3 is 2.34 bits per heavy atom. The Morgan fingerprint density at radius 1 is 1.16 bits per heavy atom. The minimum Gasteiger partial charge on any atom is -0.480 e. The molecule has 2 fully saturated rings. The van der Waals surface area contributed by atoms with E-state index in [9.17, 15) is 24.3 Å². The maximum atomic E-state index is 13.3. The number of aromatic nitrogens is 2. The van der Waals surface area contributed by atoms with Crippen molar-refractivity contribution in [3.8, 4) is 0 Å². The number of nitrogens with zero attached hydrogens (tertiary/aromatic N) is 3. The molecule has 0 radical (unpaired) electrons. The molecule has 0 aromatic carbocycles. The lowest BCUT2D eigenvalue weighted by molar-refractivity contribution is -0.149. The number of nitrogens with one attached hydrogen (secondary N) is 2. The Kier molecular flexibility index (Phi) is 7.49. The normalized spacial score (nSPS) is 22.8. The summed E-state index contributed by atoms with van der Waals surface area (Å²) in [5.74, 6) is -2.29. The van der Waals surface area contributed by atoms with Crippen LogP contribution in [0.2, 0.25) is 0 Å². The van der Waals surface area contributed by atoms with Gasteiger partial charge in [0.05, 0.1) is 12.4 Å². The number of H-pyrrole nitrogens is 1. The molecule has 1 aromatic heterocycles. The van der Waals surface area contributed by atoms with Crippen LogP contribution >= 0.6 is 0 Å². The van der Waals surface area contributed by atoms with Gasteiger partial charge in [0.2, 0.25) is 17.7 Å². The monoisotopic (exact) mass is 448 g/mol. The number of carboxylic acid groups (broad SMARTS) is 1. The lowest BCUT2D eigenvalue weighted by atomic mass is 10.0. The summed E-state index contributed by atoms with van der Waals surface area (Å²) in [7, 11) is 0. The zero-order chi connectivity index (χ0) is 23.4. The van der Waals surface area contributed by atoms with Gasteiger partial charge in [0.1, 0.15) is 18.1 Å². The van der Waals surface area contributed by atoms with Gasteiger partial charge in [-0.15, -0.1) is 0 Å². The minimum atomic E-state index is -1.06. The second-order valence-electron chi connectivity index (χ2n) is 8.83. The maximum absolute atomic E-state index is 13.3. The number of nitrogens with two attached hydrogens (primary N) is 1. The van der Waals surface area contributed by atoms with Gasteiger partial charge in [-0.3, -0.25) is 14.4 Å². The number of amides is 3. The van der Waals surface area contributed by atoms with Crippen molar-refractivity contribution in [3.63, 3.8) is 0 Å². The number of carbonyl (C=O) groups is 4. The van der Waals surface area contributed by atoms with Gasteiger partial charge in [0.15, 0.2) is 0 Å². The molecule has 11 nitrogen and oxygen atoms in total. The number of hydrogen-bond acceptors (Lipinski definition) is 6. The molecular weight excluding hydrogens is 416 g/mol. The number of likely N-dealkylation sites (tertiary alicyclic amines) is 2. The fourth-order valence-electron chi connectivity index (χ4n) is 4.35. The molecule has 2 saturated heterocycles. The molecule has 0 spiro atoms. The van der Waals surface area contributed by atoms with E-state index in [-0.39, 0.29) is 18.2 Å². The highest BCUT2D eigenvalue weighted by molar-refractivity contribution is 5.94. The Morgan fingerprint density at radius 2 is 1.78 bits per heavy atom. The summed E-state index contributed by atoms with van der Waals surface area (Å²) < 4.78 is 0. The minimum absolute atomic E-state index is 0.0652. The summed E-state index contributed by atoms with van der Waals surface area (Å²) in [6, 6.07) is -3.29. The van der Waals surface area contributed by atoms with E-state index < -0.39 is 42.0 Å². The van der Waals surface area contributed by atoms with Crippen molar-refractivity contribution >= 4 is 23.7 Å². The molecule has 11 heteroatoms. The molecule has 4 atom stereocenters. The molecule has 4 unspecified atom stereocenters. The number of imidazole rings is 1. The molecule has 1 aromatic rings. The van der Waals surface area contributed by atoms with Crippen LogP contribution in [0, 0.1) is 5.92 Å². The fraction of sp³-hybridized carbons (Fsp3) is 0.667. The van der Waals surface area contributed by atoms with Crippen molar-refractivity contribution in [1.29, 1.82) is 0 Å². The molecule has 3 rings (SSSR count). The molecule has 3 heterocycles. The molecule has 3 amide bonds. The van der Waals surface area contributed by atoms with Crippen molar-refractivity contribution in [2.24, 2.45) is 11.7 Å². The zero-order valence-electron chi connectivity index (χ0n) is 18.5. The summed E-state index contributed by atoms with van der Waals surface area (Å²) in [6.45, 7) is 4.45. The Hall–Kier alpha value is -2.95. The number of rotatable bonds is 8. The van der Waals surface area contributed by atoms with E-state index in [1.165, 1.54) is 16.1 Å². The van der Waals surface area contributed by atoms with Gasteiger partial charge in [0, 0.05) is 31.4 Å². The SMILES string of the molecule is CC(C)C(N)C(=O)N1CCCC1C(=O)NC(Cc1cnc[nH]1)C(=O)N1CCCC1C(=O)O. The van der Waals surface area contributed by atoms with Gasteiger partial charge in [-0.1, -0.05) is 13.8 Å². The highest BCUT2D eigenvalue weighted by atomic mass is 16.4. The summed E-state index contributed by atoms with van der Waals surface area (Å²) in [5.41, 5.74) is 6.65. The molecule has 176 valence electrons. The van der Waals surface area contributed by atoms with Gasteiger partial charge in [0.25, 0.3) is 0 Å². The maximum Gasteiger partial charge on any atom is 0.326 e. The van der Waals surface area contributed by atoms with E-state index in [4.69, 9.17) is 5.73 Å². The summed E-state index contributed by atoms with van der Waals surface area (Å²) in [5, 5.41) is 12.2. The first kappa shape index (κ1) is 23.7. The number of aromatic amines is 1. The van der Waals surface area contributed by atoms with Crippen LogP contribution in [-0.4, -0.2) is 85.8 Å². The summed E-state index contributed by atoms with van der Waals surface area (Å²) in [6.07, 6.45) is 5.28. The smallest absolute Gasteiger partial charge is 0.326 e. The number of carboxylic acids is 1. The third-order valence-electron chi connectivity index (χ3n) is 6.26. The standard InChI is InChI=1S/C21H32N6O5/c1-12(2)17(22)20(30)26-7-3-5-15(26)18(28)25-14(9-13-10-23-11-24-13)19(29)27-8-4-6-16(27)21(31)32/h10-12,14-17H,3-9,22H2,1-2H3,(H,23,24)(H,25,28)(H,31,32). The highest BCUT2D eigenvalue weighted by Gasteiger charge is 2.41. The molecule has 0 bridgehead atoms. The van der Waals surface area contributed by atoms with E-state index in [2.05, 4.69) is 15.3 Å². The van der Waals surface area contributed by atoms with E-state index >= 15 is 0 Å². The van der Waals surface area contributed by atoms with E-state index in [1.807, 2.05) is 13.8 Å². The second-order valence-corrected chi connectivity index (χ2v) is 8.83. The number of carbonyl (C=O) groups excluding carboxylic acids is 3. The topological polar surface area (TPSA) is 162 Å². The van der Waals surface area contributed by atoms with Crippen molar-refractivity contribution < 1.29 is 24.3 Å². The fourth-order valence-corrected chi connectivity index (χ4v) is 4.35. The third-order valence-corrected chi connectivity index (χ3v) is 6.26. The van der Waals surface area contributed by atoms with Crippen LogP contribution in [0.5, 0.6) is 0 Å². The molecule has 32 heavy (non-hydrogen) atoms. The van der Waals surface area contributed by atoms with Crippen LogP contribution in [0.15, 0.2) is 12.5 Å². The number of aliphatic carboxylic acids is 1. The van der Waals surface area contributed by atoms with Gasteiger partial charge in [-0.25, -0.2) is 9.78 Å². The Bertz CT molecular complexity index is 842. The van der Waals surface area contributed by atoms with Crippen molar-refractivity contribution in [1.82, 2.24) is 25.1 Å². The van der Waals surface area contributed by atoms with Gasteiger partial charge < -0.3 is 30.9 Å². The van der Waals surface area contributed by atoms with E-state index in [1.54, 1.807) is 6.20 Å². The zero-order valence-corrected chi connectivity index (χ0v) is 18.5. The van der Waals surface area contributed by atoms with Crippen LogP contribution in [0.1, 0.15) is 45.2 Å². The second kappa shape index (κ2) is 10.1. The first-order valence-corrected chi connectivity index (χ1v) is 11.1. The molecule has 2 aliphatic heterocycles. The van der Waals surface area contributed by atoms with Crippen LogP contribution in [0.25, 0.3) is 0 Å². The van der Waals surface area contributed by atoms with Crippen LogP contribution in [0.3, 0.4) is 0 Å². The quantitative estimate of drug-likeness (QED) is 0.416. The van der Waals surface area contributed by atoms with E-state index in [0.29, 0.717) is 44.5 Å². The van der Waals surface area contributed by atoms with Crippen LogP contribution in [0.4, 0.5) is 0 Å². The summed E-state index contributed by atoms with van der Waals surface area (Å²) in [4.78, 5) is 60.4. The Labute approximate surface area is 186 Å². The Balaban J connectivity index is 1.76. The largest absolute Gasteiger partial charge is 0.480 e. The molecular formula is C21H32N6O5.